The van der Waals surface area contributed by atoms with Crippen molar-refractivity contribution in [1.29, 1.82) is 0 Å². The number of nitrogens with zero attached hydrogens (tertiary/aromatic N) is 1. The molecule has 0 aliphatic carbocycles. The number of hydrogen-bond acceptors (Lipinski definition) is 3. The highest BCUT2D eigenvalue weighted by Crippen LogP contribution is 2.18. The van der Waals surface area contributed by atoms with Gasteiger partial charge in [0.05, 0.1) is 20.1 Å². The second kappa shape index (κ2) is 7.98. The number of halogens is 4. The lowest BCUT2D eigenvalue weighted by Gasteiger charge is -2.18. The zero-order valence-electron chi connectivity index (χ0n) is 12.2. The molecule has 0 saturated carbocycles. The standard InChI is InChI=1S/C14H17F4NO3/c1-19(13(20)5-6-22-9-14(16,17)18)8-10-3-4-12(21-2)11(15)7-10/h3-4,7H,5-6,8-9H2,1-2H3. The van der Waals surface area contributed by atoms with Crippen molar-refractivity contribution >= 4 is 5.91 Å². The molecule has 0 atom stereocenters. The van der Waals surface area contributed by atoms with Gasteiger partial charge in [-0.3, -0.25) is 4.79 Å². The summed E-state index contributed by atoms with van der Waals surface area (Å²) in [6.45, 7) is -1.56. The van der Waals surface area contributed by atoms with Crippen LogP contribution in [0.2, 0.25) is 0 Å². The number of carbonyl (C=O) groups excluding carboxylic acids is 1. The summed E-state index contributed by atoms with van der Waals surface area (Å²) in [5.74, 6) is -0.842. The van der Waals surface area contributed by atoms with E-state index in [1.54, 1.807) is 6.07 Å². The number of ether oxygens (including phenoxy) is 2. The van der Waals surface area contributed by atoms with Gasteiger partial charge < -0.3 is 14.4 Å². The lowest BCUT2D eigenvalue weighted by atomic mass is 10.2. The lowest BCUT2D eigenvalue weighted by Crippen LogP contribution is -2.28. The molecule has 124 valence electrons. The summed E-state index contributed by atoms with van der Waals surface area (Å²) < 4.78 is 58.2. The Kier molecular flexibility index (Phi) is 6.61. The molecule has 0 saturated heterocycles. The van der Waals surface area contributed by atoms with Crippen molar-refractivity contribution in [2.75, 3.05) is 27.4 Å². The summed E-state index contributed by atoms with van der Waals surface area (Å²) in [6, 6.07) is 4.28. The van der Waals surface area contributed by atoms with E-state index in [4.69, 9.17) is 4.74 Å². The first-order chi connectivity index (χ1) is 10.2. The first-order valence-electron chi connectivity index (χ1n) is 6.44. The molecular weight excluding hydrogens is 306 g/mol. The molecule has 0 aliphatic rings. The van der Waals surface area contributed by atoms with Gasteiger partial charge in [0.15, 0.2) is 11.6 Å². The quantitative estimate of drug-likeness (QED) is 0.572. The van der Waals surface area contributed by atoms with Gasteiger partial charge in [0.25, 0.3) is 0 Å². The van der Waals surface area contributed by atoms with Gasteiger partial charge in [0.1, 0.15) is 6.61 Å². The van der Waals surface area contributed by atoms with Crippen molar-refractivity contribution in [2.24, 2.45) is 0 Å². The highest BCUT2D eigenvalue weighted by Gasteiger charge is 2.27. The van der Waals surface area contributed by atoms with Crippen LogP contribution in [0, 0.1) is 5.82 Å². The van der Waals surface area contributed by atoms with Gasteiger partial charge in [0.2, 0.25) is 5.91 Å². The molecule has 0 bridgehead atoms. The SMILES string of the molecule is COc1ccc(CN(C)C(=O)CCOCC(F)(F)F)cc1F. The minimum atomic E-state index is -4.41. The van der Waals surface area contributed by atoms with Crippen molar-refractivity contribution in [3.8, 4) is 5.75 Å². The van der Waals surface area contributed by atoms with Crippen LogP contribution in [0.5, 0.6) is 5.75 Å². The van der Waals surface area contributed by atoms with E-state index in [0.717, 1.165) is 0 Å². The topological polar surface area (TPSA) is 38.8 Å². The number of methoxy groups -OCH3 is 1. The highest BCUT2D eigenvalue weighted by molar-refractivity contribution is 5.75. The molecule has 0 fully saturated rings. The van der Waals surface area contributed by atoms with E-state index < -0.39 is 24.5 Å². The molecule has 0 unspecified atom stereocenters. The number of amides is 1. The maximum absolute atomic E-state index is 13.5. The molecule has 0 aromatic heterocycles. The van der Waals surface area contributed by atoms with Crippen LogP contribution in [0.3, 0.4) is 0 Å². The minimum Gasteiger partial charge on any atom is -0.494 e. The smallest absolute Gasteiger partial charge is 0.411 e. The largest absolute Gasteiger partial charge is 0.494 e. The highest BCUT2D eigenvalue weighted by atomic mass is 19.4. The summed E-state index contributed by atoms with van der Waals surface area (Å²) in [7, 11) is 2.82. The van der Waals surface area contributed by atoms with Crippen LogP contribution in [0.1, 0.15) is 12.0 Å². The molecule has 8 heteroatoms. The van der Waals surface area contributed by atoms with Crippen LogP contribution < -0.4 is 4.74 Å². The van der Waals surface area contributed by atoms with Gasteiger partial charge in [-0.2, -0.15) is 13.2 Å². The second-order valence-corrected chi connectivity index (χ2v) is 4.64. The Hall–Kier alpha value is -1.83. The van der Waals surface area contributed by atoms with Gasteiger partial charge in [-0.15, -0.1) is 0 Å². The third kappa shape index (κ3) is 6.30. The third-order valence-electron chi connectivity index (χ3n) is 2.79. The zero-order chi connectivity index (χ0) is 16.8. The van der Waals surface area contributed by atoms with Crippen LogP contribution in [-0.4, -0.2) is 44.4 Å². The number of alkyl halides is 3. The molecule has 0 aliphatic heterocycles. The Morgan fingerprint density at radius 3 is 2.55 bits per heavy atom. The summed E-state index contributed by atoms with van der Waals surface area (Å²) >= 11 is 0. The average molecular weight is 323 g/mol. The molecule has 1 aromatic carbocycles. The Balaban J connectivity index is 2.42. The maximum Gasteiger partial charge on any atom is 0.411 e. The molecule has 22 heavy (non-hydrogen) atoms. The van der Waals surface area contributed by atoms with Gasteiger partial charge >= 0.3 is 6.18 Å². The maximum atomic E-state index is 13.5. The van der Waals surface area contributed by atoms with Crippen molar-refractivity contribution in [2.45, 2.75) is 19.1 Å². The third-order valence-corrected chi connectivity index (χ3v) is 2.79. The van der Waals surface area contributed by atoms with E-state index in [9.17, 15) is 22.4 Å². The van der Waals surface area contributed by atoms with Gasteiger partial charge in [-0.1, -0.05) is 6.07 Å². The summed E-state index contributed by atoms with van der Waals surface area (Å²) in [5.41, 5.74) is 0.547. The first-order valence-corrected chi connectivity index (χ1v) is 6.44. The number of carbonyl (C=O) groups is 1. The predicted octanol–water partition coefficient (Wildman–Crippen LogP) is 2.76. The average Bonchev–Trinajstić information content (AvgIpc) is 2.42. The summed E-state index contributed by atoms with van der Waals surface area (Å²) in [6.07, 6.45) is -4.58. The van der Waals surface area contributed by atoms with Gasteiger partial charge in [-0.05, 0) is 17.7 Å². The van der Waals surface area contributed by atoms with Gasteiger partial charge in [0, 0.05) is 13.6 Å². The van der Waals surface area contributed by atoms with E-state index in [1.807, 2.05) is 0 Å². The lowest BCUT2D eigenvalue weighted by molar-refractivity contribution is -0.175. The predicted molar refractivity (Wildman–Crippen MR) is 70.9 cm³/mol. The Labute approximate surface area is 125 Å². The van der Waals surface area contributed by atoms with Crippen LogP contribution in [0.4, 0.5) is 17.6 Å². The van der Waals surface area contributed by atoms with Crippen molar-refractivity contribution < 1.29 is 31.8 Å². The van der Waals surface area contributed by atoms with Gasteiger partial charge in [-0.25, -0.2) is 4.39 Å². The van der Waals surface area contributed by atoms with Crippen LogP contribution in [0.25, 0.3) is 0 Å². The van der Waals surface area contributed by atoms with Crippen LogP contribution in [0.15, 0.2) is 18.2 Å². The molecule has 0 heterocycles. The molecule has 0 radical (unpaired) electrons. The number of benzene rings is 1. The first kappa shape index (κ1) is 18.2. The van der Waals surface area contributed by atoms with Crippen LogP contribution >= 0.6 is 0 Å². The van der Waals surface area contributed by atoms with E-state index in [2.05, 4.69) is 4.74 Å². The van der Waals surface area contributed by atoms with E-state index in [-0.39, 0.29) is 25.3 Å². The fraction of sp³-hybridized carbons (Fsp3) is 0.500. The molecular formula is C14H17F4NO3. The zero-order valence-corrected chi connectivity index (χ0v) is 12.2. The van der Waals surface area contributed by atoms with Crippen molar-refractivity contribution in [1.82, 2.24) is 4.90 Å². The second-order valence-electron chi connectivity index (χ2n) is 4.64. The van der Waals surface area contributed by atoms with E-state index in [1.165, 1.54) is 31.2 Å². The fourth-order valence-electron chi connectivity index (χ4n) is 1.71. The monoisotopic (exact) mass is 323 g/mol. The Morgan fingerprint density at radius 2 is 2.00 bits per heavy atom. The molecule has 0 N–H and O–H groups in total. The molecule has 4 nitrogen and oxygen atoms in total. The normalized spacial score (nSPS) is 11.4. The fourth-order valence-corrected chi connectivity index (χ4v) is 1.71. The molecule has 1 rings (SSSR count). The summed E-state index contributed by atoms with van der Waals surface area (Å²) in [5, 5.41) is 0. The molecule has 1 amide bonds. The summed E-state index contributed by atoms with van der Waals surface area (Å²) in [4.78, 5) is 13.0. The van der Waals surface area contributed by atoms with Crippen molar-refractivity contribution in [3.63, 3.8) is 0 Å². The van der Waals surface area contributed by atoms with E-state index in [0.29, 0.717) is 5.56 Å². The Bertz CT molecular complexity index is 505. The Morgan fingerprint density at radius 1 is 1.32 bits per heavy atom. The van der Waals surface area contributed by atoms with Crippen molar-refractivity contribution in [3.05, 3.63) is 29.6 Å². The minimum absolute atomic E-state index is 0.0956. The molecule has 1 aromatic rings. The van der Waals surface area contributed by atoms with Crippen LogP contribution in [-0.2, 0) is 16.1 Å². The molecule has 0 spiro atoms. The number of rotatable bonds is 7. The number of hydrogen-bond donors (Lipinski definition) is 0. The van der Waals surface area contributed by atoms with E-state index >= 15 is 0 Å².